The van der Waals surface area contributed by atoms with Gasteiger partial charge in [0.05, 0.1) is 6.10 Å². The molecule has 1 N–H and O–H groups in total. The van der Waals surface area contributed by atoms with Crippen molar-refractivity contribution in [2.75, 3.05) is 26.3 Å². The van der Waals surface area contributed by atoms with Crippen LogP contribution in [0.3, 0.4) is 0 Å². The smallest absolute Gasteiger partial charge is 0.222 e. The van der Waals surface area contributed by atoms with Crippen molar-refractivity contribution in [3.63, 3.8) is 0 Å². The molecule has 1 heterocycles. The Hall–Kier alpha value is -0.610. The highest BCUT2D eigenvalue weighted by molar-refractivity contribution is 5.76. The van der Waals surface area contributed by atoms with Gasteiger partial charge in [-0.05, 0) is 31.6 Å². The van der Waals surface area contributed by atoms with Gasteiger partial charge in [-0.15, -0.1) is 0 Å². The summed E-state index contributed by atoms with van der Waals surface area (Å²) >= 11 is 0. The molecule has 0 unspecified atom stereocenters. The molecule has 0 aromatic rings. The van der Waals surface area contributed by atoms with Crippen LogP contribution in [0.15, 0.2) is 0 Å². The first kappa shape index (κ1) is 13.8. The fourth-order valence-electron chi connectivity index (χ4n) is 2.48. The third-order valence-corrected chi connectivity index (χ3v) is 3.91. The molecule has 18 heavy (non-hydrogen) atoms. The fraction of sp³-hybridized carbons (Fsp3) is 0.929. The Balaban J connectivity index is 1.58. The van der Waals surface area contributed by atoms with E-state index in [9.17, 15) is 4.79 Å². The number of carbonyl (C=O) groups is 1. The van der Waals surface area contributed by atoms with Gasteiger partial charge in [0.1, 0.15) is 0 Å². The highest BCUT2D eigenvalue weighted by Gasteiger charge is 2.26. The number of hydrogen-bond donors (Lipinski definition) is 1. The number of ether oxygens (including phenoxy) is 1. The Bertz CT molecular complexity index is 258. The molecule has 1 saturated carbocycles. The van der Waals surface area contributed by atoms with E-state index in [1.54, 1.807) is 0 Å². The third-order valence-electron chi connectivity index (χ3n) is 3.91. The van der Waals surface area contributed by atoms with Gasteiger partial charge in [-0.2, -0.15) is 0 Å². The minimum absolute atomic E-state index is 0.193. The lowest BCUT2D eigenvalue weighted by molar-refractivity contribution is -0.134. The van der Waals surface area contributed by atoms with Crippen LogP contribution in [0.1, 0.15) is 44.9 Å². The molecule has 1 saturated heterocycles. The average Bonchev–Trinajstić information content (AvgIpc) is 3.21. The highest BCUT2D eigenvalue weighted by atomic mass is 16.5. The summed E-state index contributed by atoms with van der Waals surface area (Å²) in [7, 11) is 0. The topological polar surface area (TPSA) is 49.8 Å². The van der Waals surface area contributed by atoms with E-state index in [1.165, 1.54) is 12.8 Å². The first-order valence-electron chi connectivity index (χ1n) is 7.30. The van der Waals surface area contributed by atoms with Gasteiger partial charge < -0.3 is 14.7 Å². The third kappa shape index (κ3) is 4.58. The molecule has 1 amide bonds. The second kappa shape index (κ2) is 7.10. The van der Waals surface area contributed by atoms with E-state index in [-0.39, 0.29) is 12.7 Å². The highest BCUT2D eigenvalue weighted by Crippen LogP contribution is 2.33. The molecule has 0 radical (unpaired) electrons. The maximum Gasteiger partial charge on any atom is 0.222 e. The standard InChI is InChI=1S/C14H25NO3/c16-10-1-11-18-13-6-8-15(9-7-13)14(17)5-4-12-2-3-12/h12-13,16H,1-11H2. The summed E-state index contributed by atoms with van der Waals surface area (Å²) in [5.41, 5.74) is 0. The van der Waals surface area contributed by atoms with Crippen LogP contribution in [-0.4, -0.2) is 48.3 Å². The van der Waals surface area contributed by atoms with Gasteiger partial charge in [0.2, 0.25) is 5.91 Å². The van der Waals surface area contributed by atoms with Crippen LogP contribution in [-0.2, 0) is 9.53 Å². The molecule has 2 fully saturated rings. The van der Waals surface area contributed by atoms with Crippen LogP contribution in [0.25, 0.3) is 0 Å². The van der Waals surface area contributed by atoms with Crippen LogP contribution in [0.2, 0.25) is 0 Å². The van der Waals surface area contributed by atoms with Gasteiger partial charge in [0.15, 0.2) is 0 Å². The Kier molecular flexibility index (Phi) is 5.45. The van der Waals surface area contributed by atoms with Crippen molar-refractivity contribution in [3.05, 3.63) is 0 Å². The first-order chi connectivity index (χ1) is 8.79. The van der Waals surface area contributed by atoms with E-state index in [2.05, 4.69) is 0 Å². The molecule has 1 aliphatic carbocycles. The zero-order chi connectivity index (χ0) is 12.8. The molecule has 0 aromatic carbocycles. The number of rotatable bonds is 7. The van der Waals surface area contributed by atoms with E-state index in [0.29, 0.717) is 18.9 Å². The number of nitrogens with zero attached hydrogens (tertiary/aromatic N) is 1. The molecule has 0 aromatic heterocycles. The zero-order valence-corrected chi connectivity index (χ0v) is 11.1. The van der Waals surface area contributed by atoms with E-state index < -0.39 is 0 Å². The summed E-state index contributed by atoms with van der Waals surface area (Å²) < 4.78 is 5.66. The van der Waals surface area contributed by atoms with E-state index in [0.717, 1.165) is 44.7 Å². The number of piperidine rings is 1. The van der Waals surface area contributed by atoms with Crippen molar-refractivity contribution in [1.29, 1.82) is 0 Å². The monoisotopic (exact) mass is 255 g/mol. The van der Waals surface area contributed by atoms with Crippen LogP contribution >= 0.6 is 0 Å². The number of aliphatic hydroxyl groups excluding tert-OH is 1. The number of aliphatic hydroxyl groups is 1. The number of carbonyl (C=O) groups excluding carboxylic acids is 1. The molecule has 104 valence electrons. The second-order valence-corrected chi connectivity index (χ2v) is 5.51. The van der Waals surface area contributed by atoms with Gasteiger partial charge in [0.25, 0.3) is 0 Å². The molecule has 0 spiro atoms. The fourth-order valence-corrected chi connectivity index (χ4v) is 2.48. The minimum atomic E-state index is 0.193. The average molecular weight is 255 g/mol. The molecule has 4 heteroatoms. The maximum absolute atomic E-state index is 11.9. The summed E-state index contributed by atoms with van der Waals surface area (Å²) in [6.07, 6.45) is 7.36. The van der Waals surface area contributed by atoms with Crippen LogP contribution in [0.4, 0.5) is 0 Å². The molecule has 2 rings (SSSR count). The largest absolute Gasteiger partial charge is 0.396 e. The SMILES string of the molecule is O=C(CCC1CC1)N1CCC(OCCCO)CC1. The molecule has 0 atom stereocenters. The van der Waals surface area contributed by atoms with Crippen LogP contribution in [0, 0.1) is 5.92 Å². The first-order valence-corrected chi connectivity index (χ1v) is 7.30. The van der Waals surface area contributed by atoms with Crippen molar-refractivity contribution >= 4 is 5.91 Å². The molecule has 4 nitrogen and oxygen atoms in total. The Labute approximate surface area is 109 Å². The second-order valence-electron chi connectivity index (χ2n) is 5.51. The summed E-state index contributed by atoms with van der Waals surface area (Å²) in [5, 5.41) is 8.69. The van der Waals surface area contributed by atoms with Gasteiger partial charge in [-0.3, -0.25) is 4.79 Å². The van der Waals surface area contributed by atoms with Crippen molar-refractivity contribution in [3.8, 4) is 0 Å². The predicted octanol–water partition coefficient (Wildman–Crippen LogP) is 1.57. The lowest BCUT2D eigenvalue weighted by Gasteiger charge is -2.32. The maximum atomic E-state index is 11.9. The predicted molar refractivity (Wildman–Crippen MR) is 69.2 cm³/mol. The van der Waals surface area contributed by atoms with Crippen LogP contribution in [0.5, 0.6) is 0 Å². The number of hydrogen-bond acceptors (Lipinski definition) is 3. The van der Waals surface area contributed by atoms with Gasteiger partial charge >= 0.3 is 0 Å². The molecular formula is C14H25NO3. The summed E-state index contributed by atoms with van der Waals surface area (Å²) in [6, 6.07) is 0. The van der Waals surface area contributed by atoms with Crippen molar-refractivity contribution in [2.45, 2.75) is 51.0 Å². The van der Waals surface area contributed by atoms with Crippen molar-refractivity contribution in [2.24, 2.45) is 5.92 Å². The molecule has 1 aliphatic heterocycles. The van der Waals surface area contributed by atoms with Crippen LogP contribution < -0.4 is 0 Å². The lowest BCUT2D eigenvalue weighted by atomic mass is 10.1. The normalized spacial score (nSPS) is 21.3. The minimum Gasteiger partial charge on any atom is -0.396 e. The number of amides is 1. The Morgan fingerprint density at radius 2 is 1.94 bits per heavy atom. The zero-order valence-electron chi connectivity index (χ0n) is 11.1. The van der Waals surface area contributed by atoms with Gasteiger partial charge in [-0.1, -0.05) is 12.8 Å². The Morgan fingerprint density at radius 1 is 1.22 bits per heavy atom. The van der Waals surface area contributed by atoms with E-state index in [1.807, 2.05) is 4.90 Å². The lowest BCUT2D eigenvalue weighted by Crippen LogP contribution is -2.40. The molecule has 0 bridgehead atoms. The van der Waals surface area contributed by atoms with E-state index >= 15 is 0 Å². The van der Waals surface area contributed by atoms with Gasteiger partial charge in [-0.25, -0.2) is 0 Å². The summed E-state index contributed by atoms with van der Waals surface area (Å²) in [4.78, 5) is 13.9. The van der Waals surface area contributed by atoms with Crippen molar-refractivity contribution < 1.29 is 14.6 Å². The van der Waals surface area contributed by atoms with Gasteiger partial charge in [0, 0.05) is 32.7 Å². The quantitative estimate of drug-likeness (QED) is 0.702. The number of likely N-dealkylation sites (tertiary alicyclic amines) is 1. The Morgan fingerprint density at radius 3 is 2.56 bits per heavy atom. The molecule has 2 aliphatic rings. The summed E-state index contributed by atoms with van der Waals surface area (Å²) in [6.45, 7) is 2.51. The van der Waals surface area contributed by atoms with E-state index in [4.69, 9.17) is 9.84 Å². The molecular weight excluding hydrogens is 230 g/mol. The van der Waals surface area contributed by atoms with Crippen molar-refractivity contribution in [1.82, 2.24) is 4.90 Å². The summed E-state index contributed by atoms with van der Waals surface area (Å²) in [5.74, 6) is 1.17.